The smallest absolute Gasteiger partial charge is 0.315 e. The standard InChI is InChI=1S/C15H22ClN3O3/c1-11-3-2-4-13(16)14(11)22-8-6-18-15(20)19-10-12-9-17-5-7-21-12/h2-4,12,17H,5-10H2,1H3,(H2,18,19,20)/t12-/m0/s1. The molecule has 1 aliphatic rings. The van der Waals surface area contributed by atoms with E-state index in [-0.39, 0.29) is 12.1 Å². The molecule has 1 aromatic rings. The third kappa shape index (κ3) is 5.36. The Morgan fingerprint density at radius 3 is 3.09 bits per heavy atom. The van der Waals surface area contributed by atoms with Crippen LogP contribution < -0.4 is 20.7 Å². The number of carbonyl (C=O) groups is 1. The van der Waals surface area contributed by atoms with Crippen LogP contribution in [0, 0.1) is 6.92 Å². The number of para-hydroxylation sites is 1. The van der Waals surface area contributed by atoms with Gasteiger partial charge >= 0.3 is 6.03 Å². The maximum Gasteiger partial charge on any atom is 0.315 e. The Kier molecular flexibility index (Phi) is 6.76. The first-order valence-electron chi connectivity index (χ1n) is 7.39. The number of morpholine rings is 1. The van der Waals surface area contributed by atoms with Gasteiger partial charge in [0.15, 0.2) is 0 Å². The van der Waals surface area contributed by atoms with Gasteiger partial charge in [0.2, 0.25) is 0 Å². The van der Waals surface area contributed by atoms with Crippen LogP contribution in [0.1, 0.15) is 5.56 Å². The molecule has 0 unspecified atom stereocenters. The van der Waals surface area contributed by atoms with Gasteiger partial charge in [0, 0.05) is 19.6 Å². The summed E-state index contributed by atoms with van der Waals surface area (Å²) in [6.07, 6.45) is 0.0292. The Morgan fingerprint density at radius 2 is 2.36 bits per heavy atom. The maximum atomic E-state index is 11.7. The molecule has 1 aromatic carbocycles. The van der Waals surface area contributed by atoms with Crippen molar-refractivity contribution in [3.05, 3.63) is 28.8 Å². The quantitative estimate of drug-likeness (QED) is 0.689. The zero-order valence-electron chi connectivity index (χ0n) is 12.7. The third-order valence-electron chi connectivity index (χ3n) is 3.29. The lowest BCUT2D eigenvalue weighted by atomic mass is 10.2. The topological polar surface area (TPSA) is 71.6 Å². The van der Waals surface area contributed by atoms with Crippen LogP contribution in [0.25, 0.3) is 0 Å². The van der Waals surface area contributed by atoms with Crippen LogP contribution in [0.4, 0.5) is 4.79 Å². The van der Waals surface area contributed by atoms with Gasteiger partial charge in [-0.3, -0.25) is 0 Å². The van der Waals surface area contributed by atoms with Gasteiger partial charge in [-0.15, -0.1) is 0 Å². The molecular formula is C15H22ClN3O3. The van der Waals surface area contributed by atoms with Crippen LogP contribution in [-0.2, 0) is 4.74 Å². The molecule has 0 radical (unpaired) electrons. The summed E-state index contributed by atoms with van der Waals surface area (Å²) in [6.45, 7) is 5.48. The summed E-state index contributed by atoms with van der Waals surface area (Å²) < 4.78 is 11.1. The van der Waals surface area contributed by atoms with Crippen molar-refractivity contribution in [2.45, 2.75) is 13.0 Å². The lowest BCUT2D eigenvalue weighted by Crippen LogP contribution is -2.47. The molecule has 2 rings (SSSR count). The van der Waals surface area contributed by atoms with Crippen LogP contribution >= 0.6 is 11.6 Å². The lowest BCUT2D eigenvalue weighted by Gasteiger charge is -2.23. The Morgan fingerprint density at radius 1 is 1.50 bits per heavy atom. The molecule has 0 saturated carbocycles. The molecule has 6 nitrogen and oxygen atoms in total. The predicted octanol–water partition coefficient (Wildman–Crippen LogP) is 1.31. The average Bonchev–Trinajstić information content (AvgIpc) is 2.53. The largest absolute Gasteiger partial charge is 0.490 e. The lowest BCUT2D eigenvalue weighted by molar-refractivity contribution is 0.0307. The normalized spacial score (nSPS) is 17.8. The maximum absolute atomic E-state index is 11.7. The first-order valence-corrected chi connectivity index (χ1v) is 7.76. The molecule has 122 valence electrons. The molecule has 1 heterocycles. The molecular weight excluding hydrogens is 306 g/mol. The summed E-state index contributed by atoms with van der Waals surface area (Å²) in [7, 11) is 0. The van der Waals surface area contributed by atoms with E-state index in [2.05, 4.69) is 16.0 Å². The van der Waals surface area contributed by atoms with Crippen molar-refractivity contribution in [3.8, 4) is 5.75 Å². The molecule has 0 spiro atoms. The first kappa shape index (κ1) is 16.9. The summed E-state index contributed by atoms with van der Waals surface area (Å²) in [4.78, 5) is 11.7. The third-order valence-corrected chi connectivity index (χ3v) is 3.59. The Balaban J connectivity index is 1.60. The number of ether oxygens (including phenoxy) is 2. The van der Waals surface area contributed by atoms with Gasteiger partial charge < -0.3 is 25.4 Å². The van der Waals surface area contributed by atoms with Gasteiger partial charge in [0.05, 0.1) is 24.3 Å². The number of urea groups is 1. The van der Waals surface area contributed by atoms with E-state index in [0.29, 0.717) is 37.1 Å². The molecule has 2 amide bonds. The molecule has 1 aliphatic heterocycles. The second-order valence-corrected chi connectivity index (χ2v) is 5.48. The number of aryl methyl sites for hydroxylation is 1. The summed E-state index contributed by atoms with van der Waals surface area (Å²) in [5.41, 5.74) is 0.971. The van der Waals surface area contributed by atoms with E-state index in [1.807, 2.05) is 19.1 Å². The van der Waals surface area contributed by atoms with Gasteiger partial charge in [-0.1, -0.05) is 23.7 Å². The van der Waals surface area contributed by atoms with Gasteiger partial charge in [0.1, 0.15) is 12.4 Å². The van der Waals surface area contributed by atoms with Crippen LogP contribution in [0.15, 0.2) is 18.2 Å². The number of halogens is 1. The van der Waals surface area contributed by atoms with Crippen LogP contribution in [0.3, 0.4) is 0 Å². The molecule has 22 heavy (non-hydrogen) atoms. The zero-order valence-corrected chi connectivity index (χ0v) is 13.4. The van der Waals surface area contributed by atoms with Crippen molar-refractivity contribution in [2.24, 2.45) is 0 Å². The molecule has 7 heteroatoms. The minimum Gasteiger partial charge on any atom is -0.490 e. The van der Waals surface area contributed by atoms with Gasteiger partial charge in [0.25, 0.3) is 0 Å². The summed E-state index contributed by atoms with van der Waals surface area (Å²) in [5, 5.41) is 9.30. The minimum absolute atomic E-state index is 0.0292. The predicted molar refractivity (Wildman–Crippen MR) is 85.7 cm³/mol. The Hall–Kier alpha value is -1.50. The van der Waals surface area contributed by atoms with Crippen molar-refractivity contribution in [3.63, 3.8) is 0 Å². The number of rotatable bonds is 6. The van der Waals surface area contributed by atoms with E-state index in [0.717, 1.165) is 18.7 Å². The highest BCUT2D eigenvalue weighted by atomic mass is 35.5. The zero-order chi connectivity index (χ0) is 15.8. The van der Waals surface area contributed by atoms with Crippen molar-refractivity contribution in [1.29, 1.82) is 0 Å². The monoisotopic (exact) mass is 327 g/mol. The van der Waals surface area contributed by atoms with E-state index in [1.54, 1.807) is 6.07 Å². The van der Waals surface area contributed by atoms with E-state index in [9.17, 15) is 4.79 Å². The van der Waals surface area contributed by atoms with E-state index in [1.165, 1.54) is 0 Å². The highest BCUT2D eigenvalue weighted by Crippen LogP contribution is 2.27. The van der Waals surface area contributed by atoms with Crippen LogP contribution in [0.5, 0.6) is 5.75 Å². The first-order chi connectivity index (χ1) is 10.7. The van der Waals surface area contributed by atoms with Crippen LogP contribution in [-0.4, -0.2) is 51.5 Å². The molecule has 0 aliphatic carbocycles. The number of benzene rings is 1. The average molecular weight is 328 g/mol. The number of carbonyl (C=O) groups excluding carboxylic acids is 1. The Labute approximate surface area is 135 Å². The fourth-order valence-electron chi connectivity index (χ4n) is 2.14. The van der Waals surface area contributed by atoms with Crippen LogP contribution in [0.2, 0.25) is 5.02 Å². The molecule has 1 saturated heterocycles. The van der Waals surface area contributed by atoms with E-state index in [4.69, 9.17) is 21.1 Å². The minimum atomic E-state index is -0.228. The highest BCUT2D eigenvalue weighted by Gasteiger charge is 2.13. The fraction of sp³-hybridized carbons (Fsp3) is 0.533. The van der Waals surface area contributed by atoms with Crippen molar-refractivity contribution < 1.29 is 14.3 Å². The van der Waals surface area contributed by atoms with E-state index >= 15 is 0 Å². The van der Waals surface area contributed by atoms with E-state index < -0.39 is 0 Å². The second kappa shape index (κ2) is 8.82. The fourth-order valence-corrected chi connectivity index (χ4v) is 2.41. The van der Waals surface area contributed by atoms with Crippen molar-refractivity contribution in [1.82, 2.24) is 16.0 Å². The van der Waals surface area contributed by atoms with Gasteiger partial charge in [-0.05, 0) is 18.6 Å². The molecule has 1 atom stereocenters. The summed E-state index contributed by atoms with van der Waals surface area (Å²) in [5.74, 6) is 0.660. The second-order valence-electron chi connectivity index (χ2n) is 5.07. The summed E-state index contributed by atoms with van der Waals surface area (Å²) in [6, 6.07) is 5.36. The summed E-state index contributed by atoms with van der Waals surface area (Å²) >= 11 is 6.06. The van der Waals surface area contributed by atoms with Crippen molar-refractivity contribution in [2.75, 3.05) is 39.4 Å². The van der Waals surface area contributed by atoms with Crippen molar-refractivity contribution >= 4 is 17.6 Å². The molecule has 1 fully saturated rings. The Bertz CT molecular complexity index is 473. The number of hydrogen-bond donors (Lipinski definition) is 3. The number of nitrogens with one attached hydrogen (secondary N) is 3. The number of amides is 2. The SMILES string of the molecule is Cc1cccc(Cl)c1OCCNC(=O)NC[C@@H]1CNCCO1. The van der Waals surface area contributed by atoms with Gasteiger partial charge in [-0.2, -0.15) is 0 Å². The van der Waals surface area contributed by atoms with Gasteiger partial charge in [-0.25, -0.2) is 4.79 Å². The molecule has 3 N–H and O–H groups in total. The molecule has 0 aromatic heterocycles. The number of hydrogen-bond acceptors (Lipinski definition) is 4. The molecule has 0 bridgehead atoms. The highest BCUT2D eigenvalue weighted by molar-refractivity contribution is 6.32.